The molecule has 0 radical (unpaired) electrons. The van der Waals surface area contributed by atoms with Crippen LogP contribution in [0.25, 0.3) is 0 Å². The molecule has 1 unspecified atom stereocenters. The number of hydrogen-bond acceptors (Lipinski definition) is 2. The summed E-state index contributed by atoms with van der Waals surface area (Å²) < 4.78 is 0. The van der Waals surface area contributed by atoms with Crippen molar-refractivity contribution >= 4 is 0 Å². The van der Waals surface area contributed by atoms with Crippen LogP contribution in [0.3, 0.4) is 0 Å². The van der Waals surface area contributed by atoms with E-state index in [-0.39, 0.29) is 0 Å². The molecule has 2 heteroatoms. The van der Waals surface area contributed by atoms with Gasteiger partial charge < -0.3 is 5.11 Å². The maximum atomic E-state index is 10.6. The summed E-state index contributed by atoms with van der Waals surface area (Å²) in [5, 5.41) is 20.1. The second-order valence-electron chi connectivity index (χ2n) is 5.67. The Balaban J connectivity index is 2.43. The van der Waals surface area contributed by atoms with Crippen molar-refractivity contribution < 1.29 is 5.11 Å². The lowest BCUT2D eigenvalue weighted by Gasteiger charge is -2.28. The average molecular weight is 243 g/mol. The summed E-state index contributed by atoms with van der Waals surface area (Å²) in [6, 6.07) is 6.54. The molecule has 18 heavy (non-hydrogen) atoms. The van der Waals surface area contributed by atoms with E-state index in [0.717, 1.165) is 36.8 Å². The third kappa shape index (κ3) is 2.04. The largest absolute Gasteiger partial charge is 0.387 e. The molecule has 1 aromatic rings. The van der Waals surface area contributed by atoms with Gasteiger partial charge in [-0.15, -0.1) is 0 Å². The topological polar surface area (TPSA) is 44.0 Å². The van der Waals surface area contributed by atoms with Gasteiger partial charge >= 0.3 is 0 Å². The van der Waals surface area contributed by atoms with Crippen LogP contribution in [0.1, 0.15) is 54.0 Å². The standard InChI is InChI=1S/C16H21NO/c1-11-8-13(3)14(9-12(11)2)15(18)16(10-17)6-4-5-7-16/h8-9,15,18H,4-7H2,1-3H3. The van der Waals surface area contributed by atoms with Gasteiger partial charge in [0.2, 0.25) is 0 Å². The fraction of sp³-hybridized carbons (Fsp3) is 0.562. The number of nitrogens with zero attached hydrogens (tertiary/aromatic N) is 1. The van der Waals surface area contributed by atoms with Gasteiger partial charge in [0.25, 0.3) is 0 Å². The first kappa shape index (κ1) is 13.1. The number of hydrogen-bond donors (Lipinski definition) is 1. The molecule has 1 saturated carbocycles. The Morgan fingerprint density at radius 3 is 2.22 bits per heavy atom. The fourth-order valence-corrected chi connectivity index (χ4v) is 3.03. The van der Waals surface area contributed by atoms with E-state index >= 15 is 0 Å². The zero-order valence-corrected chi connectivity index (χ0v) is 11.5. The predicted octanol–water partition coefficient (Wildman–Crippen LogP) is 3.73. The SMILES string of the molecule is Cc1cc(C)c(C(O)C2(C#N)CCCC2)cc1C. The number of nitriles is 1. The number of aryl methyl sites for hydroxylation is 3. The average Bonchev–Trinajstić information content (AvgIpc) is 2.83. The highest BCUT2D eigenvalue weighted by atomic mass is 16.3. The summed E-state index contributed by atoms with van der Waals surface area (Å²) in [6.45, 7) is 6.15. The van der Waals surface area contributed by atoms with Crippen LogP contribution in [0.15, 0.2) is 12.1 Å². The summed E-state index contributed by atoms with van der Waals surface area (Å²) in [4.78, 5) is 0. The van der Waals surface area contributed by atoms with Gasteiger partial charge in [0.1, 0.15) is 0 Å². The highest BCUT2D eigenvalue weighted by Crippen LogP contribution is 2.47. The summed E-state index contributed by atoms with van der Waals surface area (Å²) in [7, 11) is 0. The molecule has 1 atom stereocenters. The summed E-state index contributed by atoms with van der Waals surface area (Å²) in [5.41, 5.74) is 3.88. The van der Waals surface area contributed by atoms with E-state index in [9.17, 15) is 10.4 Å². The van der Waals surface area contributed by atoms with E-state index in [4.69, 9.17) is 0 Å². The van der Waals surface area contributed by atoms with E-state index in [0.29, 0.717) is 0 Å². The molecular weight excluding hydrogens is 222 g/mol. The minimum atomic E-state index is -0.649. The van der Waals surface area contributed by atoms with Crippen molar-refractivity contribution in [3.05, 3.63) is 34.4 Å². The molecule has 2 rings (SSSR count). The lowest BCUT2D eigenvalue weighted by atomic mass is 9.77. The van der Waals surface area contributed by atoms with Crippen molar-refractivity contribution in [1.82, 2.24) is 0 Å². The van der Waals surface area contributed by atoms with Crippen molar-refractivity contribution in [2.45, 2.75) is 52.6 Å². The summed E-state index contributed by atoms with van der Waals surface area (Å²) in [6.07, 6.45) is 3.08. The smallest absolute Gasteiger partial charge is 0.0978 e. The quantitative estimate of drug-likeness (QED) is 0.860. The minimum Gasteiger partial charge on any atom is -0.387 e. The molecule has 0 bridgehead atoms. The zero-order chi connectivity index (χ0) is 13.3. The Morgan fingerprint density at radius 2 is 1.67 bits per heavy atom. The van der Waals surface area contributed by atoms with Crippen LogP contribution in [0.2, 0.25) is 0 Å². The molecule has 0 saturated heterocycles. The van der Waals surface area contributed by atoms with Gasteiger partial charge in [0.15, 0.2) is 0 Å². The number of rotatable bonds is 2. The Kier molecular flexibility index (Phi) is 3.45. The Morgan fingerprint density at radius 1 is 1.11 bits per heavy atom. The highest BCUT2D eigenvalue weighted by Gasteiger charge is 2.42. The zero-order valence-electron chi connectivity index (χ0n) is 11.5. The summed E-state index contributed by atoms with van der Waals surface area (Å²) in [5.74, 6) is 0. The second-order valence-corrected chi connectivity index (χ2v) is 5.67. The van der Waals surface area contributed by atoms with Crippen molar-refractivity contribution in [2.75, 3.05) is 0 Å². The third-order valence-corrected chi connectivity index (χ3v) is 4.42. The van der Waals surface area contributed by atoms with Crippen LogP contribution in [0.4, 0.5) is 0 Å². The lowest BCUT2D eigenvalue weighted by Crippen LogP contribution is -2.24. The van der Waals surface area contributed by atoms with Crippen LogP contribution in [-0.2, 0) is 0 Å². The van der Waals surface area contributed by atoms with Crippen LogP contribution in [0, 0.1) is 37.5 Å². The molecule has 0 amide bonds. The lowest BCUT2D eigenvalue weighted by molar-refractivity contribution is 0.0665. The summed E-state index contributed by atoms with van der Waals surface area (Å²) >= 11 is 0. The Labute approximate surface area is 109 Å². The number of benzene rings is 1. The highest BCUT2D eigenvalue weighted by molar-refractivity contribution is 5.39. The van der Waals surface area contributed by atoms with E-state index in [1.807, 2.05) is 13.0 Å². The van der Waals surface area contributed by atoms with E-state index in [2.05, 4.69) is 26.0 Å². The molecular formula is C16H21NO. The van der Waals surface area contributed by atoms with E-state index < -0.39 is 11.5 Å². The maximum Gasteiger partial charge on any atom is 0.0978 e. The van der Waals surface area contributed by atoms with Crippen molar-refractivity contribution in [2.24, 2.45) is 5.41 Å². The molecule has 1 N–H and O–H groups in total. The van der Waals surface area contributed by atoms with Gasteiger partial charge in [0.05, 0.1) is 17.6 Å². The second kappa shape index (κ2) is 4.74. The molecule has 1 fully saturated rings. The first-order chi connectivity index (χ1) is 8.50. The molecule has 1 aromatic carbocycles. The van der Waals surface area contributed by atoms with Crippen LogP contribution in [-0.4, -0.2) is 5.11 Å². The predicted molar refractivity (Wildman–Crippen MR) is 72.1 cm³/mol. The first-order valence-electron chi connectivity index (χ1n) is 6.67. The molecule has 0 aliphatic heterocycles. The van der Waals surface area contributed by atoms with Gasteiger partial charge in [-0.1, -0.05) is 25.0 Å². The monoisotopic (exact) mass is 243 g/mol. The van der Waals surface area contributed by atoms with Crippen molar-refractivity contribution in [3.8, 4) is 6.07 Å². The maximum absolute atomic E-state index is 10.6. The van der Waals surface area contributed by atoms with Gasteiger partial charge in [0, 0.05) is 0 Å². The molecule has 96 valence electrons. The molecule has 0 spiro atoms. The molecule has 2 nitrogen and oxygen atoms in total. The van der Waals surface area contributed by atoms with E-state index in [1.165, 1.54) is 11.1 Å². The Bertz CT molecular complexity index is 493. The number of aliphatic hydroxyl groups excluding tert-OH is 1. The molecule has 1 aliphatic rings. The van der Waals surface area contributed by atoms with Crippen LogP contribution in [0.5, 0.6) is 0 Å². The van der Waals surface area contributed by atoms with Crippen LogP contribution >= 0.6 is 0 Å². The first-order valence-corrected chi connectivity index (χ1v) is 6.67. The molecule has 0 heterocycles. The van der Waals surface area contributed by atoms with E-state index in [1.54, 1.807) is 0 Å². The van der Waals surface area contributed by atoms with Gasteiger partial charge in [-0.05, 0) is 55.9 Å². The third-order valence-electron chi connectivity index (χ3n) is 4.42. The normalized spacial score (nSPS) is 19.5. The fourth-order valence-electron chi connectivity index (χ4n) is 3.03. The van der Waals surface area contributed by atoms with Gasteiger partial charge in [-0.3, -0.25) is 0 Å². The Hall–Kier alpha value is -1.33. The van der Waals surface area contributed by atoms with Crippen molar-refractivity contribution in [1.29, 1.82) is 5.26 Å². The number of aliphatic hydroxyl groups is 1. The minimum absolute atomic E-state index is 0.563. The molecule has 0 aromatic heterocycles. The van der Waals surface area contributed by atoms with Gasteiger partial charge in [-0.25, -0.2) is 0 Å². The van der Waals surface area contributed by atoms with Crippen molar-refractivity contribution in [3.63, 3.8) is 0 Å². The van der Waals surface area contributed by atoms with Gasteiger partial charge in [-0.2, -0.15) is 5.26 Å². The molecule has 1 aliphatic carbocycles. The van der Waals surface area contributed by atoms with Crippen LogP contribution < -0.4 is 0 Å².